The largest absolute Gasteiger partial charge is 0.493 e. The highest BCUT2D eigenvalue weighted by molar-refractivity contribution is 6.32. The second-order valence-electron chi connectivity index (χ2n) is 6.42. The van der Waals surface area contributed by atoms with Crippen molar-refractivity contribution in [3.8, 4) is 17.4 Å². The number of carbonyl (C=O) groups is 1. The molecule has 0 saturated carbocycles. The van der Waals surface area contributed by atoms with E-state index in [0.717, 1.165) is 28.9 Å². The molecular formula is C19H13ClF3N3O5. The first-order valence-corrected chi connectivity index (χ1v) is 8.88. The molecule has 3 rings (SSSR count). The molecule has 0 spiro atoms. The average molecular weight is 456 g/mol. The lowest BCUT2D eigenvalue weighted by Crippen LogP contribution is -2.05. The van der Waals surface area contributed by atoms with Gasteiger partial charge in [-0.05, 0) is 37.3 Å². The standard InChI is InChI=1S/C19H13ClF3N3O5/c1-9-16(18(28)25(2)24-9)17(27)10-3-5-13(26(29)30)15(7-10)31-14-6-4-11(8-12(14)20)19(21,22)23/h3-8,28H,1-2H3. The summed E-state index contributed by atoms with van der Waals surface area (Å²) in [6.45, 7) is 1.50. The molecule has 0 amide bonds. The fourth-order valence-corrected chi connectivity index (χ4v) is 3.04. The molecule has 1 N–H and O–H groups in total. The van der Waals surface area contributed by atoms with E-state index < -0.39 is 44.8 Å². The topological polar surface area (TPSA) is 107 Å². The molecule has 1 heterocycles. The summed E-state index contributed by atoms with van der Waals surface area (Å²) in [5.74, 6) is -1.77. The predicted molar refractivity (Wildman–Crippen MR) is 103 cm³/mol. The number of hydrogen-bond acceptors (Lipinski definition) is 6. The molecule has 0 radical (unpaired) electrons. The van der Waals surface area contributed by atoms with Crippen LogP contribution < -0.4 is 4.74 Å². The van der Waals surface area contributed by atoms with Crippen molar-refractivity contribution in [3.05, 3.63) is 73.9 Å². The molecular weight excluding hydrogens is 443 g/mol. The molecule has 2 aromatic carbocycles. The Morgan fingerprint density at radius 1 is 1.23 bits per heavy atom. The number of aryl methyl sites for hydroxylation is 2. The van der Waals surface area contributed by atoms with Crippen molar-refractivity contribution in [1.82, 2.24) is 9.78 Å². The molecule has 0 unspecified atom stereocenters. The van der Waals surface area contributed by atoms with Crippen molar-refractivity contribution in [1.29, 1.82) is 0 Å². The number of hydrogen-bond donors (Lipinski definition) is 1. The quantitative estimate of drug-likeness (QED) is 0.328. The minimum Gasteiger partial charge on any atom is -0.493 e. The Bertz CT molecular complexity index is 1210. The second-order valence-corrected chi connectivity index (χ2v) is 6.83. The molecule has 0 saturated heterocycles. The first kappa shape index (κ1) is 22.1. The fourth-order valence-electron chi connectivity index (χ4n) is 2.82. The van der Waals surface area contributed by atoms with Crippen molar-refractivity contribution in [3.63, 3.8) is 0 Å². The Hall–Kier alpha value is -3.60. The minimum absolute atomic E-state index is 0.0740. The van der Waals surface area contributed by atoms with Gasteiger partial charge in [0.2, 0.25) is 17.4 Å². The highest BCUT2D eigenvalue weighted by Gasteiger charge is 2.31. The Labute approximate surface area is 177 Å². The van der Waals surface area contributed by atoms with Crippen LogP contribution in [-0.2, 0) is 13.2 Å². The monoisotopic (exact) mass is 455 g/mol. The van der Waals surface area contributed by atoms with E-state index in [0.29, 0.717) is 12.1 Å². The van der Waals surface area contributed by atoms with E-state index in [1.807, 2.05) is 0 Å². The predicted octanol–water partition coefficient (Wildman–Crippen LogP) is 5.04. The second kappa shape index (κ2) is 7.91. The van der Waals surface area contributed by atoms with Gasteiger partial charge >= 0.3 is 11.9 Å². The van der Waals surface area contributed by atoms with E-state index in [1.165, 1.54) is 14.0 Å². The highest BCUT2D eigenvalue weighted by atomic mass is 35.5. The smallest absolute Gasteiger partial charge is 0.416 e. The zero-order valence-electron chi connectivity index (χ0n) is 15.9. The third-order valence-corrected chi connectivity index (χ3v) is 4.61. The first-order valence-electron chi connectivity index (χ1n) is 8.50. The van der Waals surface area contributed by atoms with E-state index in [4.69, 9.17) is 16.3 Å². The third-order valence-electron chi connectivity index (χ3n) is 4.32. The molecule has 1 aromatic heterocycles. The maximum Gasteiger partial charge on any atom is 0.416 e. The molecule has 0 atom stereocenters. The summed E-state index contributed by atoms with van der Waals surface area (Å²) in [6.07, 6.45) is -4.63. The number of ketones is 1. The normalized spacial score (nSPS) is 11.4. The number of halogens is 4. The van der Waals surface area contributed by atoms with Gasteiger partial charge in [-0.3, -0.25) is 14.9 Å². The number of rotatable bonds is 5. The number of aromatic nitrogens is 2. The summed E-state index contributed by atoms with van der Waals surface area (Å²) < 4.78 is 44.9. The Morgan fingerprint density at radius 2 is 1.90 bits per heavy atom. The molecule has 12 heteroatoms. The van der Waals surface area contributed by atoms with Crippen molar-refractivity contribution in [2.24, 2.45) is 7.05 Å². The Balaban J connectivity index is 2.04. The summed E-state index contributed by atoms with van der Waals surface area (Å²) in [4.78, 5) is 23.4. The molecule has 3 aromatic rings. The van der Waals surface area contributed by atoms with Crippen LogP contribution in [0.15, 0.2) is 36.4 Å². The van der Waals surface area contributed by atoms with Crippen LogP contribution in [-0.4, -0.2) is 25.6 Å². The maximum absolute atomic E-state index is 12.8. The molecule has 8 nitrogen and oxygen atoms in total. The number of alkyl halides is 3. The van der Waals surface area contributed by atoms with Gasteiger partial charge in [0.15, 0.2) is 0 Å². The number of ether oxygens (including phenoxy) is 1. The number of nitrogens with zero attached hydrogens (tertiary/aromatic N) is 3. The van der Waals surface area contributed by atoms with Crippen LogP contribution in [0.4, 0.5) is 18.9 Å². The van der Waals surface area contributed by atoms with Gasteiger partial charge in [0.25, 0.3) is 0 Å². The summed E-state index contributed by atoms with van der Waals surface area (Å²) in [6, 6.07) is 5.45. The fraction of sp³-hybridized carbons (Fsp3) is 0.158. The van der Waals surface area contributed by atoms with Crippen LogP contribution in [0.3, 0.4) is 0 Å². The molecule has 0 fully saturated rings. The number of aromatic hydroxyl groups is 1. The third kappa shape index (κ3) is 4.31. The summed E-state index contributed by atoms with van der Waals surface area (Å²) in [7, 11) is 1.43. The maximum atomic E-state index is 12.8. The van der Waals surface area contributed by atoms with Crippen LogP contribution in [0.2, 0.25) is 5.02 Å². The van der Waals surface area contributed by atoms with E-state index in [9.17, 15) is 33.2 Å². The van der Waals surface area contributed by atoms with Gasteiger partial charge in [0.1, 0.15) is 11.3 Å². The van der Waals surface area contributed by atoms with Crippen molar-refractivity contribution >= 4 is 23.1 Å². The van der Waals surface area contributed by atoms with Crippen molar-refractivity contribution in [2.45, 2.75) is 13.1 Å². The van der Waals surface area contributed by atoms with Gasteiger partial charge in [0, 0.05) is 18.7 Å². The molecule has 0 aliphatic heterocycles. The van der Waals surface area contributed by atoms with E-state index in [2.05, 4.69) is 5.10 Å². The number of nitro benzene ring substituents is 1. The molecule has 0 aliphatic carbocycles. The SMILES string of the molecule is Cc1nn(C)c(O)c1C(=O)c1ccc([N+](=O)[O-])c(Oc2ccc(C(F)(F)F)cc2Cl)c1. The van der Waals surface area contributed by atoms with Gasteiger partial charge in [-0.2, -0.15) is 18.3 Å². The number of benzene rings is 2. The van der Waals surface area contributed by atoms with Crippen LogP contribution in [0.1, 0.15) is 27.2 Å². The molecule has 0 bridgehead atoms. The van der Waals surface area contributed by atoms with E-state index in [-0.39, 0.29) is 22.6 Å². The molecule has 162 valence electrons. The van der Waals surface area contributed by atoms with Gasteiger partial charge in [0.05, 0.1) is 21.2 Å². The van der Waals surface area contributed by atoms with Crippen molar-refractivity contribution < 1.29 is 32.7 Å². The highest BCUT2D eigenvalue weighted by Crippen LogP contribution is 2.39. The zero-order chi connectivity index (χ0) is 23.1. The average Bonchev–Trinajstić information content (AvgIpc) is 2.93. The Morgan fingerprint density at radius 3 is 2.42 bits per heavy atom. The van der Waals surface area contributed by atoms with Crippen LogP contribution in [0, 0.1) is 17.0 Å². The van der Waals surface area contributed by atoms with Crippen molar-refractivity contribution in [2.75, 3.05) is 0 Å². The van der Waals surface area contributed by atoms with Gasteiger partial charge in [-0.1, -0.05) is 11.6 Å². The summed E-state index contributed by atoms with van der Waals surface area (Å²) in [5.41, 5.74) is -1.51. The lowest BCUT2D eigenvalue weighted by Gasteiger charge is -2.12. The summed E-state index contributed by atoms with van der Waals surface area (Å²) >= 11 is 5.85. The van der Waals surface area contributed by atoms with E-state index >= 15 is 0 Å². The molecule has 31 heavy (non-hydrogen) atoms. The Kier molecular flexibility index (Phi) is 5.64. The van der Waals surface area contributed by atoms with Crippen LogP contribution >= 0.6 is 11.6 Å². The molecule has 0 aliphatic rings. The number of carbonyl (C=O) groups excluding carboxylic acids is 1. The van der Waals surface area contributed by atoms with E-state index in [1.54, 1.807) is 0 Å². The first-order chi connectivity index (χ1) is 14.4. The van der Waals surface area contributed by atoms with Gasteiger partial charge in [-0.25, -0.2) is 4.68 Å². The van der Waals surface area contributed by atoms with Crippen LogP contribution in [0.25, 0.3) is 0 Å². The van der Waals surface area contributed by atoms with Gasteiger partial charge in [-0.15, -0.1) is 0 Å². The minimum atomic E-state index is -4.63. The van der Waals surface area contributed by atoms with Crippen LogP contribution in [0.5, 0.6) is 17.4 Å². The lowest BCUT2D eigenvalue weighted by atomic mass is 10.0. The lowest BCUT2D eigenvalue weighted by molar-refractivity contribution is -0.385. The zero-order valence-corrected chi connectivity index (χ0v) is 16.7. The summed E-state index contributed by atoms with van der Waals surface area (Å²) in [5, 5.41) is 24.9. The van der Waals surface area contributed by atoms with Gasteiger partial charge < -0.3 is 9.84 Å². The number of nitro groups is 1.